The van der Waals surface area contributed by atoms with E-state index in [-0.39, 0.29) is 11.8 Å². The summed E-state index contributed by atoms with van der Waals surface area (Å²) in [5.41, 5.74) is 1.48. The van der Waals surface area contributed by atoms with Crippen molar-refractivity contribution in [1.29, 1.82) is 0 Å². The maximum Gasteiger partial charge on any atom is 0.358 e. The predicted molar refractivity (Wildman–Crippen MR) is 67.7 cm³/mol. The molecule has 2 aromatic rings. The smallest absolute Gasteiger partial charge is 0.358 e. The zero-order valence-electron chi connectivity index (χ0n) is 10.0. The first-order chi connectivity index (χ1) is 9.04. The monoisotopic (exact) mass is 279 g/mol. The van der Waals surface area contributed by atoms with Gasteiger partial charge in [0.25, 0.3) is 0 Å². The number of nitrogens with zero attached hydrogens (tertiary/aromatic N) is 1. The van der Waals surface area contributed by atoms with Gasteiger partial charge in [0.1, 0.15) is 11.9 Å². The Kier molecular flexibility index (Phi) is 2.71. The van der Waals surface area contributed by atoms with Gasteiger partial charge < -0.3 is 14.4 Å². The number of benzene rings is 1. The highest BCUT2D eigenvalue weighted by Crippen LogP contribution is 2.41. The van der Waals surface area contributed by atoms with Crippen molar-refractivity contribution in [2.75, 3.05) is 0 Å². The average Bonchev–Trinajstić information content (AvgIpc) is 2.93. The highest BCUT2D eigenvalue weighted by Gasteiger charge is 2.26. The number of fused-ring (bicyclic) bond motifs is 1. The van der Waals surface area contributed by atoms with Crippen LogP contribution in [0.4, 0.5) is 0 Å². The summed E-state index contributed by atoms with van der Waals surface area (Å²) in [6.07, 6.45) is 0.831. The average molecular weight is 280 g/mol. The van der Waals surface area contributed by atoms with Gasteiger partial charge in [0.2, 0.25) is 0 Å². The van der Waals surface area contributed by atoms with Crippen molar-refractivity contribution >= 4 is 17.6 Å². The largest absolute Gasteiger partial charge is 0.489 e. The summed E-state index contributed by atoms with van der Waals surface area (Å²) in [4.78, 5) is 10.8. The molecule has 2 heterocycles. The quantitative estimate of drug-likeness (QED) is 0.915. The van der Waals surface area contributed by atoms with Crippen molar-refractivity contribution < 1.29 is 19.2 Å². The molecule has 1 unspecified atom stereocenters. The molecule has 0 spiro atoms. The van der Waals surface area contributed by atoms with Crippen LogP contribution in [-0.4, -0.2) is 22.3 Å². The van der Waals surface area contributed by atoms with Crippen molar-refractivity contribution in [2.45, 2.75) is 19.4 Å². The second-order valence-electron chi connectivity index (χ2n) is 4.46. The minimum absolute atomic E-state index is 0.0640. The molecule has 0 aliphatic carbocycles. The van der Waals surface area contributed by atoms with Crippen molar-refractivity contribution in [3.8, 4) is 17.1 Å². The molecule has 19 heavy (non-hydrogen) atoms. The topological polar surface area (TPSA) is 72.6 Å². The summed E-state index contributed by atoms with van der Waals surface area (Å²) in [5.74, 6) is -0.113. The third-order valence-electron chi connectivity index (χ3n) is 2.95. The molecule has 3 rings (SSSR count). The molecule has 98 valence electrons. The Morgan fingerprint density at radius 2 is 2.26 bits per heavy atom. The van der Waals surface area contributed by atoms with Gasteiger partial charge in [-0.3, -0.25) is 0 Å². The molecular weight excluding hydrogens is 270 g/mol. The number of halogens is 1. The lowest BCUT2D eigenvalue weighted by molar-refractivity contribution is 0.0686. The SMILES string of the molecule is CC1Cc2cc(Cl)cc(-c3cc(C(=O)O)no3)c2O1. The first-order valence-electron chi connectivity index (χ1n) is 5.74. The van der Waals surface area contributed by atoms with Crippen LogP contribution in [0, 0.1) is 0 Å². The number of carboxylic acids is 1. The minimum Gasteiger partial charge on any atom is -0.489 e. The molecule has 1 aliphatic rings. The Morgan fingerprint density at radius 3 is 2.95 bits per heavy atom. The number of carbonyl (C=O) groups is 1. The van der Waals surface area contributed by atoms with Crippen LogP contribution in [0.3, 0.4) is 0 Å². The molecule has 0 amide bonds. The summed E-state index contributed by atoms with van der Waals surface area (Å²) < 4.78 is 10.8. The fourth-order valence-corrected chi connectivity index (χ4v) is 2.42. The first-order valence-corrected chi connectivity index (χ1v) is 6.12. The summed E-state index contributed by atoms with van der Waals surface area (Å²) in [7, 11) is 0. The van der Waals surface area contributed by atoms with Crippen LogP contribution in [-0.2, 0) is 6.42 Å². The second kappa shape index (κ2) is 4.28. The molecule has 1 aromatic carbocycles. The molecule has 0 radical (unpaired) electrons. The van der Waals surface area contributed by atoms with E-state index < -0.39 is 5.97 Å². The molecule has 6 heteroatoms. The Balaban J connectivity index is 2.12. The summed E-state index contributed by atoms with van der Waals surface area (Å²) in [6.45, 7) is 1.96. The highest BCUT2D eigenvalue weighted by molar-refractivity contribution is 6.31. The normalized spacial score (nSPS) is 17.1. The fourth-order valence-electron chi connectivity index (χ4n) is 2.18. The van der Waals surface area contributed by atoms with Gasteiger partial charge in [-0.05, 0) is 19.1 Å². The van der Waals surface area contributed by atoms with Crippen LogP contribution in [0.25, 0.3) is 11.3 Å². The minimum atomic E-state index is -1.14. The number of aromatic carboxylic acids is 1. The maximum atomic E-state index is 10.8. The van der Waals surface area contributed by atoms with Crippen LogP contribution in [0.5, 0.6) is 5.75 Å². The van der Waals surface area contributed by atoms with Gasteiger partial charge in [0.05, 0.1) is 5.56 Å². The van der Waals surface area contributed by atoms with Gasteiger partial charge in [-0.2, -0.15) is 0 Å². The van der Waals surface area contributed by atoms with Gasteiger partial charge in [-0.1, -0.05) is 16.8 Å². The van der Waals surface area contributed by atoms with Crippen molar-refractivity contribution in [2.24, 2.45) is 0 Å². The molecule has 1 N–H and O–H groups in total. The predicted octanol–water partition coefficient (Wildman–Crippen LogP) is 3.02. The van der Waals surface area contributed by atoms with Crippen LogP contribution >= 0.6 is 11.6 Å². The van der Waals surface area contributed by atoms with Crippen LogP contribution in [0.1, 0.15) is 23.0 Å². The molecule has 0 fully saturated rings. The summed E-state index contributed by atoms with van der Waals surface area (Å²) >= 11 is 6.06. The van der Waals surface area contributed by atoms with E-state index in [4.69, 9.17) is 26.0 Å². The summed E-state index contributed by atoms with van der Waals surface area (Å²) in [5, 5.41) is 12.9. The molecule has 1 atom stereocenters. The lowest BCUT2D eigenvalue weighted by atomic mass is 10.0. The van der Waals surface area contributed by atoms with Crippen molar-refractivity contribution in [3.63, 3.8) is 0 Å². The first kappa shape index (κ1) is 12.0. The van der Waals surface area contributed by atoms with E-state index in [0.717, 1.165) is 12.0 Å². The lowest BCUT2D eigenvalue weighted by Gasteiger charge is -2.07. The van der Waals surface area contributed by atoms with Crippen molar-refractivity contribution in [1.82, 2.24) is 5.16 Å². The molecule has 1 aromatic heterocycles. The Bertz CT molecular complexity index is 665. The summed E-state index contributed by atoms with van der Waals surface area (Å²) in [6, 6.07) is 4.89. The van der Waals surface area contributed by atoms with E-state index in [1.165, 1.54) is 6.07 Å². The number of carboxylic acid groups (broad SMARTS) is 1. The lowest BCUT2D eigenvalue weighted by Crippen LogP contribution is -2.05. The van der Waals surface area contributed by atoms with Gasteiger partial charge in [0, 0.05) is 23.1 Å². The fraction of sp³-hybridized carbons (Fsp3) is 0.231. The van der Waals surface area contributed by atoms with Crippen LogP contribution < -0.4 is 4.74 Å². The number of hydrogen-bond acceptors (Lipinski definition) is 4. The van der Waals surface area contributed by atoms with E-state index in [2.05, 4.69) is 5.16 Å². The third-order valence-corrected chi connectivity index (χ3v) is 3.17. The highest BCUT2D eigenvalue weighted by atomic mass is 35.5. The van der Waals surface area contributed by atoms with E-state index in [0.29, 0.717) is 22.1 Å². The van der Waals surface area contributed by atoms with Gasteiger partial charge in [-0.25, -0.2) is 4.79 Å². The van der Waals surface area contributed by atoms with Gasteiger partial charge in [-0.15, -0.1) is 0 Å². The third kappa shape index (κ3) is 2.06. The number of hydrogen-bond donors (Lipinski definition) is 1. The molecule has 1 aliphatic heterocycles. The zero-order chi connectivity index (χ0) is 13.6. The number of aromatic nitrogens is 1. The van der Waals surface area contributed by atoms with Crippen LogP contribution in [0.15, 0.2) is 22.7 Å². The van der Waals surface area contributed by atoms with E-state index in [1.54, 1.807) is 6.07 Å². The van der Waals surface area contributed by atoms with Crippen molar-refractivity contribution in [3.05, 3.63) is 34.5 Å². The Morgan fingerprint density at radius 1 is 1.47 bits per heavy atom. The van der Waals surface area contributed by atoms with Gasteiger partial charge in [0.15, 0.2) is 11.5 Å². The second-order valence-corrected chi connectivity index (χ2v) is 4.89. The molecule has 0 saturated heterocycles. The van der Waals surface area contributed by atoms with Crippen LogP contribution in [0.2, 0.25) is 5.02 Å². The van der Waals surface area contributed by atoms with E-state index >= 15 is 0 Å². The molecule has 0 saturated carbocycles. The number of rotatable bonds is 2. The Hall–Kier alpha value is -2.01. The van der Waals surface area contributed by atoms with Gasteiger partial charge >= 0.3 is 5.97 Å². The maximum absolute atomic E-state index is 10.8. The number of ether oxygens (including phenoxy) is 1. The van der Waals surface area contributed by atoms with E-state index in [1.807, 2.05) is 13.0 Å². The molecule has 0 bridgehead atoms. The molecule has 5 nitrogen and oxygen atoms in total. The molecular formula is C13H10ClNO4. The standard InChI is InChI=1S/C13H10ClNO4/c1-6-2-7-3-8(14)4-9(12(7)18-6)11-5-10(13(16)17)15-19-11/h3-6H,2H2,1H3,(H,16,17). The Labute approximate surface area is 113 Å². The van der Waals surface area contributed by atoms with E-state index in [9.17, 15) is 4.79 Å². The zero-order valence-corrected chi connectivity index (χ0v) is 10.8.